The van der Waals surface area contributed by atoms with Crippen LogP contribution < -0.4 is 11.1 Å². The van der Waals surface area contributed by atoms with Crippen LogP contribution in [0.4, 0.5) is 5.69 Å². The van der Waals surface area contributed by atoms with E-state index < -0.39 is 0 Å². The average Bonchev–Trinajstić information content (AvgIpc) is 2.43. The smallest absolute Gasteiger partial charge is 0.226 e. The molecule has 1 rings (SSSR count). The molecule has 106 valence electrons. The molecule has 0 bridgehead atoms. The van der Waals surface area contributed by atoms with Crippen molar-refractivity contribution in [1.82, 2.24) is 0 Å². The number of methoxy groups -OCH3 is 1. The lowest BCUT2D eigenvalue weighted by Gasteiger charge is -2.06. The summed E-state index contributed by atoms with van der Waals surface area (Å²) in [5.41, 5.74) is 7.32. The first-order chi connectivity index (χ1) is 9.26. The summed E-state index contributed by atoms with van der Waals surface area (Å²) in [6.45, 7) is 2.23. The summed E-state index contributed by atoms with van der Waals surface area (Å²) < 4.78 is 10.2. The Hall–Kier alpha value is -1.43. The first kappa shape index (κ1) is 15.6. The number of nitrogens with one attached hydrogen (secondary N) is 1. The number of carbonyl (C=O) groups is 1. The molecular formula is C14H22N2O3. The normalized spacial score (nSPS) is 10.4. The third-order valence-corrected chi connectivity index (χ3v) is 2.58. The third-order valence-electron chi connectivity index (χ3n) is 2.58. The molecule has 1 aromatic carbocycles. The molecule has 0 atom stereocenters. The Morgan fingerprint density at radius 3 is 2.58 bits per heavy atom. The molecule has 0 saturated heterocycles. The quantitative estimate of drug-likeness (QED) is 0.665. The van der Waals surface area contributed by atoms with Crippen molar-refractivity contribution in [2.24, 2.45) is 5.73 Å². The minimum Gasteiger partial charge on any atom is -0.385 e. The van der Waals surface area contributed by atoms with E-state index in [-0.39, 0.29) is 5.91 Å². The Kier molecular flexibility index (Phi) is 7.81. The van der Waals surface area contributed by atoms with Crippen LogP contribution in [0.5, 0.6) is 0 Å². The Morgan fingerprint density at radius 1 is 1.21 bits per heavy atom. The maximum absolute atomic E-state index is 11.6. The SMILES string of the molecule is COCCCOCCC(=O)Nc1ccc(CN)cc1. The maximum atomic E-state index is 11.6. The summed E-state index contributed by atoms with van der Waals surface area (Å²) in [7, 11) is 1.66. The van der Waals surface area contributed by atoms with Crippen LogP contribution in [0.3, 0.4) is 0 Å². The van der Waals surface area contributed by atoms with E-state index in [0.29, 0.717) is 32.8 Å². The van der Waals surface area contributed by atoms with Crippen LogP contribution in [0.1, 0.15) is 18.4 Å². The molecule has 5 nitrogen and oxygen atoms in total. The topological polar surface area (TPSA) is 73.6 Å². The zero-order valence-electron chi connectivity index (χ0n) is 11.4. The molecule has 0 aliphatic heterocycles. The van der Waals surface area contributed by atoms with Gasteiger partial charge in [0, 0.05) is 32.6 Å². The Morgan fingerprint density at radius 2 is 1.95 bits per heavy atom. The number of nitrogens with two attached hydrogens (primary N) is 1. The second kappa shape index (κ2) is 9.49. The molecule has 19 heavy (non-hydrogen) atoms. The Balaban J connectivity index is 2.16. The van der Waals surface area contributed by atoms with Crippen LogP contribution >= 0.6 is 0 Å². The van der Waals surface area contributed by atoms with Crippen LogP contribution in [0.25, 0.3) is 0 Å². The van der Waals surface area contributed by atoms with Crippen LogP contribution in [0.15, 0.2) is 24.3 Å². The predicted octanol–water partition coefficient (Wildman–Crippen LogP) is 1.53. The number of hydrogen-bond donors (Lipinski definition) is 2. The van der Waals surface area contributed by atoms with Gasteiger partial charge in [0.05, 0.1) is 13.0 Å². The van der Waals surface area contributed by atoms with E-state index in [1.165, 1.54) is 0 Å². The Bertz CT molecular complexity index is 365. The minimum atomic E-state index is -0.0489. The van der Waals surface area contributed by atoms with Gasteiger partial charge in [-0.3, -0.25) is 4.79 Å². The molecule has 3 N–H and O–H groups in total. The van der Waals surface area contributed by atoms with Crippen molar-refractivity contribution < 1.29 is 14.3 Å². The van der Waals surface area contributed by atoms with Crippen molar-refractivity contribution in [3.05, 3.63) is 29.8 Å². The lowest BCUT2D eigenvalue weighted by atomic mass is 10.2. The summed E-state index contributed by atoms with van der Waals surface area (Å²) >= 11 is 0. The van der Waals surface area contributed by atoms with Gasteiger partial charge >= 0.3 is 0 Å². The minimum absolute atomic E-state index is 0.0489. The van der Waals surface area contributed by atoms with E-state index in [2.05, 4.69) is 5.32 Å². The highest BCUT2D eigenvalue weighted by atomic mass is 16.5. The fourth-order valence-electron chi connectivity index (χ4n) is 1.52. The maximum Gasteiger partial charge on any atom is 0.226 e. The van der Waals surface area contributed by atoms with Gasteiger partial charge in [-0.1, -0.05) is 12.1 Å². The van der Waals surface area contributed by atoms with Crippen LogP contribution in [-0.4, -0.2) is 32.8 Å². The number of rotatable bonds is 9. The van der Waals surface area contributed by atoms with Crippen molar-refractivity contribution in [2.45, 2.75) is 19.4 Å². The summed E-state index contributed by atoms with van der Waals surface area (Å²) in [6.07, 6.45) is 1.20. The van der Waals surface area contributed by atoms with Gasteiger partial charge in [-0.05, 0) is 24.1 Å². The lowest BCUT2D eigenvalue weighted by Crippen LogP contribution is -2.14. The van der Waals surface area contributed by atoms with Gasteiger partial charge in [-0.15, -0.1) is 0 Å². The van der Waals surface area contributed by atoms with E-state index >= 15 is 0 Å². The van der Waals surface area contributed by atoms with E-state index in [4.69, 9.17) is 15.2 Å². The average molecular weight is 266 g/mol. The zero-order chi connectivity index (χ0) is 13.9. The molecule has 1 aromatic rings. The van der Waals surface area contributed by atoms with Gasteiger partial charge in [-0.2, -0.15) is 0 Å². The fourth-order valence-corrected chi connectivity index (χ4v) is 1.52. The second-order valence-electron chi connectivity index (χ2n) is 4.16. The molecule has 0 unspecified atom stereocenters. The zero-order valence-corrected chi connectivity index (χ0v) is 11.4. The first-order valence-corrected chi connectivity index (χ1v) is 6.42. The van der Waals surface area contributed by atoms with E-state index in [1.54, 1.807) is 7.11 Å². The van der Waals surface area contributed by atoms with Gasteiger partial charge in [-0.25, -0.2) is 0 Å². The highest BCUT2D eigenvalue weighted by Gasteiger charge is 2.02. The summed E-state index contributed by atoms with van der Waals surface area (Å²) in [5, 5.41) is 2.81. The molecule has 0 aliphatic carbocycles. The van der Waals surface area contributed by atoms with Crippen LogP contribution in [0, 0.1) is 0 Å². The molecule has 5 heteroatoms. The van der Waals surface area contributed by atoms with Crippen molar-refractivity contribution in [3.8, 4) is 0 Å². The third kappa shape index (κ3) is 6.91. The number of hydrogen-bond acceptors (Lipinski definition) is 4. The van der Waals surface area contributed by atoms with Crippen LogP contribution in [-0.2, 0) is 20.8 Å². The van der Waals surface area contributed by atoms with Gasteiger partial charge < -0.3 is 20.5 Å². The lowest BCUT2D eigenvalue weighted by molar-refractivity contribution is -0.117. The van der Waals surface area contributed by atoms with Crippen molar-refractivity contribution in [3.63, 3.8) is 0 Å². The fraction of sp³-hybridized carbons (Fsp3) is 0.500. The second-order valence-corrected chi connectivity index (χ2v) is 4.16. The Labute approximate surface area is 114 Å². The van der Waals surface area contributed by atoms with Crippen molar-refractivity contribution >= 4 is 11.6 Å². The number of carbonyl (C=O) groups excluding carboxylic acids is 1. The van der Waals surface area contributed by atoms with Crippen molar-refractivity contribution in [1.29, 1.82) is 0 Å². The highest BCUT2D eigenvalue weighted by Crippen LogP contribution is 2.09. The standard InChI is InChI=1S/C14H22N2O3/c1-18-8-2-9-19-10-7-14(17)16-13-5-3-12(11-15)4-6-13/h3-6H,2,7-11,15H2,1H3,(H,16,17). The monoisotopic (exact) mass is 266 g/mol. The number of ether oxygens (including phenoxy) is 2. The summed E-state index contributed by atoms with van der Waals surface area (Å²) in [5.74, 6) is -0.0489. The summed E-state index contributed by atoms with van der Waals surface area (Å²) in [4.78, 5) is 11.6. The molecule has 0 aromatic heterocycles. The number of anilines is 1. The molecule has 1 amide bonds. The highest BCUT2D eigenvalue weighted by molar-refractivity contribution is 5.90. The largest absolute Gasteiger partial charge is 0.385 e. The van der Waals surface area contributed by atoms with Gasteiger partial charge in [0.15, 0.2) is 0 Å². The van der Waals surface area contributed by atoms with Crippen LogP contribution in [0.2, 0.25) is 0 Å². The molecular weight excluding hydrogens is 244 g/mol. The van der Waals surface area contributed by atoms with E-state index in [0.717, 1.165) is 17.7 Å². The molecule has 0 radical (unpaired) electrons. The van der Waals surface area contributed by atoms with E-state index in [9.17, 15) is 4.79 Å². The molecule has 0 fully saturated rings. The van der Waals surface area contributed by atoms with Gasteiger partial charge in [0.1, 0.15) is 0 Å². The predicted molar refractivity (Wildman–Crippen MR) is 74.9 cm³/mol. The number of benzene rings is 1. The van der Waals surface area contributed by atoms with Crippen molar-refractivity contribution in [2.75, 3.05) is 32.2 Å². The molecule has 0 heterocycles. The molecule has 0 saturated carbocycles. The van der Waals surface area contributed by atoms with Gasteiger partial charge in [0.25, 0.3) is 0 Å². The molecule has 0 spiro atoms. The summed E-state index contributed by atoms with van der Waals surface area (Å²) in [6, 6.07) is 7.49. The number of amides is 1. The van der Waals surface area contributed by atoms with E-state index in [1.807, 2.05) is 24.3 Å². The van der Waals surface area contributed by atoms with Gasteiger partial charge in [0.2, 0.25) is 5.91 Å². The molecule has 0 aliphatic rings. The first-order valence-electron chi connectivity index (χ1n) is 6.42.